The number of aromatic nitrogens is 1. The Kier molecular flexibility index (Phi) is 3.36. The van der Waals surface area contributed by atoms with Gasteiger partial charge < -0.3 is 9.88 Å². The normalized spacial score (nSPS) is 11.6. The maximum absolute atomic E-state index is 6.12. The van der Waals surface area contributed by atoms with Crippen molar-refractivity contribution in [2.24, 2.45) is 0 Å². The fourth-order valence-corrected chi connectivity index (χ4v) is 2.36. The predicted molar refractivity (Wildman–Crippen MR) is 70.7 cm³/mol. The molecule has 0 aliphatic carbocycles. The van der Waals surface area contributed by atoms with Crippen LogP contribution in [0.2, 0.25) is 15.1 Å². The molecule has 0 unspecified atom stereocenters. The molecule has 0 atom stereocenters. The second kappa shape index (κ2) is 4.46. The number of H-pyrrole nitrogens is 1. The number of aromatic amines is 1. The third-order valence-corrected chi connectivity index (χ3v) is 3.65. The maximum Gasteiger partial charge on any atom is 0.0848 e. The topological polar surface area (TPSA) is 19.0 Å². The molecule has 5 heteroatoms. The van der Waals surface area contributed by atoms with Gasteiger partial charge in [0.25, 0.3) is 0 Å². The Hall–Kier alpha value is -0.410. The average molecular weight is 278 g/mol. The standard InChI is InChI=1S/C11H11Cl3N2/c1-16(2)5-6-4-15-11-7(6)3-8(12)9(13)10(11)14/h3-4,15H,5H2,1-2H3. The number of fused-ring (bicyclic) bond motifs is 1. The molecule has 0 saturated heterocycles. The Labute approximate surface area is 109 Å². The highest BCUT2D eigenvalue weighted by atomic mass is 35.5. The first-order valence-electron chi connectivity index (χ1n) is 4.79. The molecule has 1 aromatic carbocycles. The van der Waals surface area contributed by atoms with Crippen LogP contribution in [0.5, 0.6) is 0 Å². The summed E-state index contributed by atoms with van der Waals surface area (Å²) in [5.74, 6) is 0. The molecule has 16 heavy (non-hydrogen) atoms. The van der Waals surface area contributed by atoms with E-state index in [4.69, 9.17) is 34.8 Å². The summed E-state index contributed by atoms with van der Waals surface area (Å²) in [7, 11) is 4.02. The fourth-order valence-electron chi connectivity index (χ4n) is 1.70. The molecule has 2 rings (SSSR count). The fraction of sp³-hybridized carbons (Fsp3) is 0.273. The minimum Gasteiger partial charge on any atom is -0.360 e. The van der Waals surface area contributed by atoms with Crippen LogP contribution in [0.3, 0.4) is 0 Å². The number of rotatable bonds is 2. The molecular formula is C11H11Cl3N2. The molecule has 0 spiro atoms. The van der Waals surface area contributed by atoms with Crippen molar-refractivity contribution in [1.82, 2.24) is 9.88 Å². The summed E-state index contributed by atoms with van der Waals surface area (Å²) in [6.07, 6.45) is 1.93. The van der Waals surface area contributed by atoms with Crippen molar-refractivity contribution < 1.29 is 0 Å². The molecule has 1 N–H and O–H groups in total. The van der Waals surface area contributed by atoms with Crippen molar-refractivity contribution >= 4 is 45.7 Å². The molecule has 1 aromatic heterocycles. The third-order valence-electron chi connectivity index (χ3n) is 2.39. The van der Waals surface area contributed by atoms with E-state index in [-0.39, 0.29) is 0 Å². The van der Waals surface area contributed by atoms with Crippen LogP contribution in [0.4, 0.5) is 0 Å². The van der Waals surface area contributed by atoms with Crippen LogP contribution in [0, 0.1) is 0 Å². The van der Waals surface area contributed by atoms with Crippen LogP contribution >= 0.6 is 34.8 Å². The van der Waals surface area contributed by atoms with Gasteiger partial charge in [-0.3, -0.25) is 0 Å². The Morgan fingerprint density at radius 3 is 2.50 bits per heavy atom. The van der Waals surface area contributed by atoms with Gasteiger partial charge in [0.05, 0.1) is 20.6 Å². The van der Waals surface area contributed by atoms with E-state index in [1.54, 1.807) is 0 Å². The van der Waals surface area contributed by atoms with Gasteiger partial charge in [-0.25, -0.2) is 0 Å². The summed E-state index contributed by atoms with van der Waals surface area (Å²) in [4.78, 5) is 5.21. The molecule has 1 heterocycles. The van der Waals surface area contributed by atoms with Gasteiger partial charge in [-0.2, -0.15) is 0 Å². The number of nitrogens with zero attached hydrogens (tertiary/aromatic N) is 1. The van der Waals surface area contributed by atoms with Gasteiger partial charge >= 0.3 is 0 Å². The third kappa shape index (κ3) is 2.03. The second-order valence-electron chi connectivity index (χ2n) is 3.96. The molecule has 0 aliphatic heterocycles. The van der Waals surface area contributed by atoms with Crippen LogP contribution in [0.15, 0.2) is 12.3 Å². The van der Waals surface area contributed by atoms with Gasteiger partial charge in [0, 0.05) is 18.1 Å². The quantitative estimate of drug-likeness (QED) is 0.816. The minimum absolute atomic E-state index is 0.397. The van der Waals surface area contributed by atoms with Crippen molar-refractivity contribution in [2.45, 2.75) is 6.54 Å². The largest absolute Gasteiger partial charge is 0.360 e. The van der Waals surface area contributed by atoms with E-state index < -0.39 is 0 Å². The van der Waals surface area contributed by atoms with Crippen molar-refractivity contribution in [2.75, 3.05) is 14.1 Å². The minimum atomic E-state index is 0.397. The van der Waals surface area contributed by atoms with Crippen molar-refractivity contribution in [3.63, 3.8) is 0 Å². The summed E-state index contributed by atoms with van der Waals surface area (Å²) < 4.78 is 0. The van der Waals surface area contributed by atoms with Crippen LogP contribution in [-0.2, 0) is 6.54 Å². The van der Waals surface area contributed by atoms with E-state index in [0.29, 0.717) is 15.1 Å². The van der Waals surface area contributed by atoms with Crippen molar-refractivity contribution in [3.05, 3.63) is 32.9 Å². The van der Waals surface area contributed by atoms with E-state index in [1.807, 2.05) is 26.4 Å². The Bertz CT molecular complexity index is 531. The lowest BCUT2D eigenvalue weighted by Gasteiger charge is -2.08. The lowest BCUT2D eigenvalue weighted by Crippen LogP contribution is -2.10. The molecule has 2 nitrogen and oxygen atoms in total. The molecule has 2 aromatic rings. The molecule has 0 aliphatic rings. The first-order chi connectivity index (χ1) is 7.50. The van der Waals surface area contributed by atoms with Crippen molar-refractivity contribution in [3.8, 4) is 0 Å². The lowest BCUT2D eigenvalue weighted by atomic mass is 10.1. The molecule has 0 fully saturated rings. The first kappa shape index (κ1) is 12.1. The van der Waals surface area contributed by atoms with E-state index in [9.17, 15) is 0 Å². The SMILES string of the molecule is CN(C)Cc1c[nH]c2c(Cl)c(Cl)c(Cl)cc12. The smallest absolute Gasteiger partial charge is 0.0848 e. The van der Waals surface area contributed by atoms with Crippen LogP contribution < -0.4 is 0 Å². The zero-order valence-electron chi connectivity index (χ0n) is 8.94. The van der Waals surface area contributed by atoms with Gasteiger partial charge in [0.1, 0.15) is 0 Å². The molecule has 0 saturated carbocycles. The van der Waals surface area contributed by atoms with E-state index in [0.717, 1.165) is 23.0 Å². The highest BCUT2D eigenvalue weighted by Gasteiger charge is 2.13. The highest BCUT2D eigenvalue weighted by Crippen LogP contribution is 2.37. The second-order valence-corrected chi connectivity index (χ2v) is 5.12. The van der Waals surface area contributed by atoms with Gasteiger partial charge in [-0.1, -0.05) is 34.8 Å². The van der Waals surface area contributed by atoms with Gasteiger partial charge in [0.2, 0.25) is 0 Å². The Morgan fingerprint density at radius 2 is 1.88 bits per heavy atom. The van der Waals surface area contributed by atoms with Gasteiger partial charge in [0.15, 0.2) is 0 Å². The van der Waals surface area contributed by atoms with Crippen LogP contribution in [0.25, 0.3) is 10.9 Å². The summed E-state index contributed by atoms with van der Waals surface area (Å²) >= 11 is 18.1. The van der Waals surface area contributed by atoms with Gasteiger partial charge in [-0.15, -0.1) is 0 Å². The number of nitrogens with one attached hydrogen (secondary N) is 1. The zero-order chi connectivity index (χ0) is 11.9. The average Bonchev–Trinajstić information content (AvgIpc) is 2.58. The summed E-state index contributed by atoms with van der Waals surface area (Å²) in [5, 5.41) is 2.38. The molecule has 0 bridgehead atoms. The number of benzene rings is 1. The molecule has 0 radical (unpaired) electrons. The maximum atomic E-state index is 6.12. The summed E-state index contributed by atoms with van der Waals surface area (Å²) in [6.45, 7) is 0.828. The predicted octanol–water partition coefficient (Wildman–Crippen LogP) is 4.19. The number of halogens is 3. The van der Waals surface area contributed by atoms with E-state index >= 15 is 0 Å². The van der Waals surface area contributed by atoms with Crippen LogP contribution in [-0.4, -0.2) is 24.0 Å². The summed E-state index contributed by atoms with van der Waals surface area (Å²) in [6, 6.07) is 1.85. The zero-order valence-corrected chi connectivity index (χ0v) is 11.2. The molecule has 0 amide bonds. The first-order valence-corrected chi connectivity index (χ1v) is 5.92. The number of hydrogen-bond acceptors (Lipinski definition) is 1. The Balaban J connectivity index is 2.64. The monoisotopic (exact) mass is 276 g/mol. The van der Waals surface area contributed by atoms with Crippen molar-refractivity contribution in [1.29, 1.82) is 0 Å². The summed E-state index contributed by atoms with van der Waals surface area (Å²) in [5.41, 5.74) is 1.99. The van der Waals surface area contributed by atoms with E-state index in [1.165, 1.54) is 0 Å². The molecular weight excluding hydrogens is 266 g/mol. The van der Waals surface area contributed by atoms with Gasteiger partial charge in [-0.05, 0) is 25.7 Å². The van der Waals surface area contributed by atoms with Crippen LogP contribution in [0.1, 0.15) is 5.56 Å². The number of hydrogen-bond donors (Lipinski definition) is 1. The van der Waals surface area contributed by atoms with E-state index in [2.05, 4.69) is 9.88 Å². The molecule has 86 valence electrons. The highest BCUT2D eigenvalue weighted by molar-refractivity contribution is 6.50. The lowest BCUT2D eigenvalue weighted by molar-refractivity contribution is 0.404. The Morgan fingerprint density at radius 1 is 1.19 bits per heavy atom.